The van der Waals surface area contributed by atoms with Crippen LogP contribution in [0.25, 0.3) is 0 Å². The molecule has 0 radical (unpaired) electrons. The molecule has 1 aromatic rings. The quantitative estimate of drug-likeness (QED) is 0.455. The molecule has 0 bridgehead atoms. The number of rotatable bonds is 7. The Labute approximate surface area is 95.5 Å². The monoisotopic (exact) mass is 225 g/mol. The van der Waals surface area contributed by atoms with Gasteiger partial charge in [0.1, 0.15) is 0 Å². The van der Waals surface area contributed by atoms with Crippen LogP contribution in [0.4, 0.5) is 5.69 Å². The molecule has 0 amide bonds. The highest BCUT2D eigenvalue weighted by molar-refractivity contribution is 5.39. The molecule has 90 valence electrons. The number of anilines is 1. The predicted octanol–water partition coefficient (Wildman–Crippen LogP) is 0.218. The molecule has 0 saturated heterocycles. The third-order valence-electron chi connectivity index (χ3n) is 1.98. The summed E-state index contributed by atoms with van der Waals surface area (Å²) in [5.41, 5.74) is 18.0. The van der Waals surface area contributed by atoms with Crippen molar-refractivity contribution in [1.82, 2.24) is 0 Å². The van der Waals surface area contributed by atoms with E-state index in [0.717, 1.165) is 5.56 Å². The molecule has 0 fully saturated rings. The number of benzene rings is 1. The van der Waals surface area contributed by atoms with Crippen molar-refractivity contribution >= 4 is 5.69 Å². The van der Waals surface area contributed by atoms with Crippen LogP contribution in [0.1, 0.15) is 11.9 Å². The van der Waals surface area contributed by atoms with Crippen molar-refractivity contribution in [3.8, 4) is 0 Å². The highest BCUT2D eigenvalue weighted by Crippen LogP contribution is 2.19. The Hall–Kier alpha value is -1.14. The third kappa shape index (κ3) is 4.16. The maximum absolute atomic E-state index is 5.61. The highest BCUT2D eigenvalue weighted by Gasteiger charge is 2.11. The zero-order valence-electron chi connectivity index (χ0n) is 9.26. The average Bonchev–Trinajstić information content (AvgIpc) is 2.31. The molecule has 0 unspecified atom stereocenters. The summed E-state index contributed by atoms with van der Waals surface area (Å²) in [7, 11) is 0. The summed E-state index contributed by atoms with van der Waals surface area (Å²) in [6.45, 7) is 1.80. The molecule has 0 heterocycles. The van der Waals surface area contributed by atoms with Gasteiger partial charge in [-0.2, -0.15) is 0 Å². The number of nitrogens with two attached hydrogens (primary N) is 3. The topological polar surface area (TPSA) is 96.5 Å². The number of nitrogen functional groups attached to an aromatic ring is 1. The van der Waals surface area contributed by atoms with Crippen molar-refractivity contribution in [3.63, 3.8) is 0 Å². The Kier molecular flexibility index (Phi) is 5.81. The first-order chi connectivity index (χ1) is 7.77. The molecule has 1 aromatic carbocycles. The Morgan fingerprint density at radius 3 is 1.88 bits per heavy atom. The fourth-order valence-electron chi connectivity index (χ4n) is 1.24. The first-order valence-corrected chi connectivity index (χ1v) is 5.26. The van der Waals surface area contributed by atoms with E-state index in [1.165, 1.54) is 0 Å². The summed E-state index contributed by atoms with van der Waals surface area (Å²) in [4.78, 5) is 0. The van der Waals surface area contributed by atoms with E-state index in [1.54, 1.807) is 12.1 Å². The van der Waals surface area contributed by atoms with Crippen molar-refractivity contribution in [2.75, 3.05) is 32.0 Å². The van der Waals surface area contributed by atoms with E-state index in [-0.39, 0.29) is 0 Å². The van der Waals surface area contributed by atoms with E-state index in [1.807, 2.05) is 12.1 Å². The molecule has 16 heavy (non-hydrogen) atoms. The van der Waals surface area contributed by atoms with Gasteiger partial charge >= 0.3 is 0 Å². The lowest BCUT2D eigenvalue weighted by molar-refractivity contribution is -0.142. The summed E-state index contributed by atoms with van der Waals surface area (Å²) in [6.07, 6.45) is -0.423. The molecule has 0 aliphatic heterocycles. The molecule has 5 heteroatoms. The molecule has 0 saturated carbocycles. The molecule has 5 nitrogen and oxygen atoms in total. The van der Waals surface area contributed by atoms with Gasteiger partial charge in [0.25, 0.3) is 0 Å². The van der Waals surface area contributed by atoms with Crippen molar-refractivity contribution < 1.29 is 9.47 Å². The maximum Gasteiger partial charge on any atom is 0.183 e. The molecule has 0 aliphatic rings. The van der Waals surface area contributed by atoms with Crippen LogP contribution in [0.3, 0.4) is 0 Å². The van der Waals surface area contributed by atoms with Crippen LogP contribution in [-0.2, 0) is 9.47 Å². The van der Waals surface area contributed by atoms with Crippen molar-refractivity contribution in [2.45, 2.75) is 6.29 Å². The third-order valence-corrected chi connectivity index (χ3v) is 1.98. The lowest BCUT2D eigenvalue weighted by Gasteiger charge is -2.18. The minimum atomic E-state index is -0.423. The van der Waals surface area contributed by atoms with Crippen LogP contribution >= 0.6 is 0 Å². The van der Waals surface area contributed by atoms with E-state index < -0.39 is 6.29 Å². The lowest BCUT2D eigenvalue weighted by atomic mass is 10.2. The minimum absolute atomic E-state index is 0.423. The van der Waals surface area contributed by atoms with E-state index in [2.05, 4.69) is 0 Å². The molecule has 0 aliphatic carbocycles. The van der Waals surface area contributed by atoms with Gasteiger partial charge in [-0.05, 0) is 12.1 Å². The van der Waals surface area contributed by atoms with Crippen LogP contribution in [0.5, 0.6) is 0 Å². The summed E-state index contributed by atoms with van der Waals surface area (Å²) in [5, 5.41) is 0. The molecule has 0 spiro atoms. The van der Waals surface area contributed by atoms with Gasteiger partial charge in [-0.1, -0.05) is 12.1 Å². The van der Waals surface area contributed by atoms with Crippen LogP contribution in [0.2, 0.25) is 0 Å². The Morgan fingerprint density at radius 2 is 1.44 bits per heavy atom. The van der Waals surface area contributed by atoms with Crippen LogP contribution in [0, 0.1) is 0 Å². The standard InChI is InChI=1S/C11H19N3O2/c12-5-7-15-11(16-8-6-13)9-1-3-10(14)4-2-9/h1-4,11H,5-8,12-14H2. The minimum Gasteiger partial charge on any atom is -0.399 e. The second kappa shape index (κ2) is 7.19. The molecular weight excluding hydrogens is 206 g/mol. The van der Waals surface area contributed by atoms with E-state index in [0.29, 0.717) is 32.0 Å². The summed E-state index contributed by atoms with van der Waals surface area (Å²) >= 11 is 0. The number of ether oxygens (including phenoxy) is 2. The fraction of sp³-hybridized carbons (Fsp3) is 0.455. The first kappa shape index (κ1) is 12.9. The SMILES string of the molecule is NCCOC(OCCN)c1ccc(N)cc1. The molecule has 0 aromatic heterocycles. The Morgan fingerprint density at radius 1 is 0.938 bits per heavy atom. The molecule has 1 rings (SSSR count). The Balaban J connectivity index is 2.62. The predicted molar refractivity (Wildman–Crippen MR) is 63.6 cm³/mol. The second-order valence-corrected chi connectivity index (χ2v) is 3.32. The van der Waals surface area contributed by atoms with Gasteiger partial charge in [0.05, 0.1) is 13.2 Å². The van der Waals surface area contributed by atoms with Gasteiger partial charge in [0.15, 0.2) is 6.29 Å². The Bertz CT molecular complexity index is 282. The second-order valence-electron chi connectivity index (χ2n) is 3.32. The average molecular weight is 225 g/mol. The highest BCUT2D eigenvalue weighted by atomic mass is 16.7. The van der Waals surface area contributed by atoms with Gasteiger partial charge in [-0.15, -0.1) is 0 Å². The van der Waals surface area contributed by atoms with E-state index in [9.17, 15) is 0 Å². The van der Waals surface area contributed by atoms with E-state index in [4.69, 9.17) is 26.7 Å². The zero-order valence-corrected chi connectivity index (χ0v) is 9.26. The van der Waals surface area contributed by atoms with Crippen molar-refractivity contribution in [3.05, 3.63) is 29.8 Å². The van der Waals surface area contributed by atoms with Crippen LogP contribution in [0.15, 0.2) is 24.3 Å². The maximum atomic E-state index is 5.61. The lowest BCUT2D eigenvalue weighted by Crippen LogP contribution is -2.18. The summed E-state index contributed by atoms with van der Waals surface area (Å²) in [5.74, 6) is 0. The van der Waals surface area contributed by atoms with Crippen molar-refractivity contribution in [1.29, 1.82) is 0 Å². The van der Waals surface area contributed by atoms with Gasteiger partial charge in [-0.25, -0.2) is 0 Å². The fourth-order valence-corrected chi connectivity index (χ4v) is 1.24. The first-order valence-electron chi connectivity index (χ1n) is 5.26. The summed E-state index contributed by atoms with van der Waals surface area (Å²) < 4.78 is 11.0. The molecular formula is C11H19N3O2. The molecule has 0 atom stereocenters. The van der Waals surface area contributed by atoms with Crippen LogP contribution < -0.4 is 17.2 Å². The van der Waals surface area contributed by atoms with Gasteiger partial charge < -0.3 is 26.7 Å². The van der Waals surface area contributed by atoms with Gasteiger partial charge in [0.2, 0.25) is 0 Å². The van der Waals surface area contributed by atoms with Gasteiger partial charge in [0, 0.05) is 24.3 Å². The number of hydrogen-bond donors (Lipinski definition) is 3. The van der Waals surface area contributed by atoms with Gasteiger partial charge in [-0.3, -0.25) is 0 Å². The largest absolute Gasteiger partial charge is 0.399 e. The van der Waals surface area contributed by atoms with E-state index >= 15 is 0 Å². The smallest absolute Gasteiger partial charge is 0.183 e. The van der Waals surface area contributed by atoms with Crippen molar-refractivity contribution in [2.24, 2.45) is 11.5 Å². The zero-order chi connectivity index (χ0) is 11.8. The number of hydrogen-bond acceptors (Lipinski definition) is 5. The summed E-state index contributed by atoms with van der Waals surface area (Å²) in [6, 6.07) is 7.35. The van der Waals surface area contributed by atoms with Crippen LogP contribution in [-0.4, -0.2) is 26.3 Å². The normalized spacial score (nSPS) is 10.9. The molecule has 6 N–H and O–H groups in total.